The van der Waals surface area contributed by atoms with Crippen LogP contribution in [0.1, 0.15) is 20.3 Å². The molecule has 0 aliphatic rings. The van der Waals surface area contributed by atoms with Crippen LogP contribution in [0.5, 0.6) is 0 Å². The van der Waals surface area contributed by atoms with Gasteiger partial charge < -0.3 is 9.84 Å². The summed E-state index contributed by atoms with van der Waals surface area (Å²) in [6, 6.07) is 0. The van der Waals surface area contributed by atoms with Crippen LogP contribution >= 0.6 is 0 Å². The van der Waals surface area contributed by atoms with Crippen LogP contribution in [-0.4, -0.2) is 17.3 Å². The summed E-state index contributed by atoms with van der Waals surface area (Å²) in [6.45, 7) is 4.00. The summed E-state index contributed by atoms with van der Waals surface area (Å²) >= 11 is 0. The zero-order valence-corrected chi connectivity index (χ0v) is 5.48. The first-order valence-corrected chi connectivity index (χ1v) is 2.65. The van der Waals surface area contributed by atoms with Crippen LogP contribution in [-0.2, 0) is 4.74 Å². The number of ether oxygens (including phenoxy) is 1. The molecule has 0 unspecified atom stereocenters. The van der Waals surface area contributed by atoms with Crippen molar-refractivity contribution in [2.75, 3.05) is 6.61 Å². The first kappa shape index (κ1) is 7.92. The lowest BCUT2D eigenvalue weighted by Crippen LogP contribution is -2.20. The monoisotopic (exact) mass is 117 g/mol. The van der Waals surface area contributed by atoms with E-state index in [0.717, 1.165) is 0 Å². The highest BCUT2D eigenvalue weighted by atomic mass is 16.5. The van der Waals surface area contributed by atoms with Gasteiger partial charge in [0.2, 0.25) is 0 Å². The van der Waals surface area contributed by atoms with Gasteiger partial charge in [-0.3, -0.25) is 0 Å². The lowest BCUT2D eigenvalue weighted by atomic mass is 10.1. The van der Waals surface area contributed by atoms with Crippen molar-refractivity contribution in [2.45, 2.75) is 25.9 Å². The van der Waals surface area contributed by atoms with E-state index < -0.39 is 5.60 Å². The fraction of sp³-hybridized carbons (Fsp3) is 0.833. The summed E-state index contributed by atoms with van der Waals surface area (Å²) in [5.41, 5.74) is -0.613. The summed E-state index contributed by atoms with van der Waals surface area (Å²) in [4.78, 5) is 0. The molecular formula is C6H13O2. The molecule has 1 N–H and O–H groups in total. The van der Waals surface area contributed by atoms with Gasteiger partial charge in [-0.1, -0.05) is 0 Å². The molecule has 0 aliphatic heterocycles. The Hall–Kier alpha value is -0.0800. The van der Waals surface area contributed by atoms with Gasteiger partial charge in [-0.05, 0) is 20.3 Å². The van der Waals surface area contributed by atoms with Gasteiger partial charge in [0.1, 0.15) is 0 Å². The predicted octanol–water partition coefficient (Wildman–Crippen LogP) is 0.956. The molecule has 0 amide bonds. The molecule has 1 radical (unpaired) electrons. The van der Waals surface area contributed by atoms with Crippen LogP contribution in [0.4, 0.5) is 0 Å². The van der Waals surface area contributed by atoms with E-state index in [1.807, 2.05) is 0 Å². The van der Waals surface area contributed by atoms with Gasteiger partial charge in [0.05, 0.1) is 12.7 Å². The Labute approximate surface area is 50.5 Å². The Balaban J connectivity index is 3.11. The van der Waals surface area contributed by atoms with E-state index in [9.17, 15) is 0 Å². The molecule has 0 aromatic carbocycles. The van der Waals surface area contributed by atoms with Gasteiger partial charge in [-0.25, -0.2) is 0 Å². The van der Waals surface area contributed by atoms with Crippen LogP contribution < -0.4 is 0 Å². The minimum atomic E-state index is -0.613. The van der Waals surface area contributed by atoms with Gasteiger partial charge in [0.15, 0.2) is 0 Å². The first-order valence-electron chi connectivity index (χ1n) is 2.65. The highest BCUT2D eigenvalue weighted by molar-refractivity contribution is 4.63. The summed E-state index contributed by atoms with van der Waals surface area (Å²) < 4.78 is 4.51. The first-order chi connectivity index (χ1) is 3.56. The zero-order chi connectivity index (χ0) is 6.62. The molecule has 0 fully saturated rings. The smallest absolute Gasteiger partial charge is 0.0700 e. The van der Waals surface area contributed by atoms with Crippen LogP contribution in [0.25, 0.3) is 0 Å². The van der Waals surface area contributed by atoms with Crippen LogP contribution in [0.15, 0.2) is 0 Å². The molecule has 0 atom stereocenters. The van der Waals surface area contributed by atoms with Crippen LogP contribution in [0.2, 0.25) is 0 Å². The molecule has 2 nitrogen and oxygen atoms in total. The highest BCUT2D eigenvalue weighted by Crippen LogP contribution is 2.05. The van der Waals surface area contributed by atoms with Crippen molar-refractivity contribution in [3.05, 3.63) is 7.11 Å². The Morgan fingerprint density at radius 2 is 2.12 bits per heavy atom. The van der Waals surface area contributed by atoms with E-state index in [1.54, 1.807) is 13.8 Å². The topological polar surface area (TPSA) is 29.5 Å². The highest BCUT2D eigenvalue weighted by Gasteiger charge is 2.10. The third-order valence-corrected chi connectivity index (χ3v) is 0.858. The summed E-state index contributed by atoms with van der Waals surface area (Å²) in [5, 5.41) is 9.04. The lowest BCUT2D eigenvalue weighted by molar-refractivity contribution is 0.0471. The Kier molecular flexibility index (Phi) is 3.02. The van der Waals surface area contributed by atoms with E-state index in [0.29, 0.717) is 13.0 Å². The Morgan fingerprint density at radius 3 is 2.25 bits per heavy atom. The molecule has 0 saturated carbocycles. The van der Waals surface area contributed by atoms with Crippen molar-refractivity contribution in [1.82, 2.24) is 0 Å². The number of aliphatic hydroxyl groups is 1. The summed E-state index contributed by atoms with van der Waals surface area (Å²) in [6.07, 6.45) is 0.635. The van der Waals surface area contributed by atoms with Crippen molar-refractivity contribution < 1.29 is 9.84 Å². The van der Waals surface area contributed by atoms with Crippen molar-refractivity contribution in [2.24, 2.45) is 0 Å². The molecule has 0 saturated heterocycles. The predicted molar refractivity (Wildman–Crippen MR) is 32.2 cm³/mol. The molecule has 2 heteroatoms. The quantitative estimate of drug-likeness (QED) is 0.596. The minimum absolute atomic E-state index is 0.517. The fourth-order valence-electron chi connectivity index (χ4n) is 0.322. The Morgan fingerprint density at radius 1 is 1.62 bits per heavy atom. The lowest BCUT2D eigenvalue weighted by Gasteiger charge is -2.14. The average Bonchev–Trinajstić information content (AvgIpc) is 1.59. The molecule has 0 bridgehead atoms. The molecule has 0 aromatic heterocycles. The SMILES string of the molecule is [CH2]OCCC(C)(C)O. The summed E-state index contributed by atoms with van der Waals surface area (Å²) in [7, 11) is 3.18. The number of hydrogen-bond donors (Lipinski definition) is 1. The summed E-state index contributed by atoms with van der Waals surface area (Å²) in [5.74, 6) is 0. The standard InChI is InChI=1S/C6H13O2/c1-6(2,7)4-5-8-3/h7H,3-5H2,1-2H3. The minimum Gasteiger partial charge on any atom is -0.390 e. The van der Waals surface area contributed by atoms with Crippen LogP contribution in [0.3, 0.4) is 0 Å². The molecule has 0 spiro atoms. The van der Waals surface area contributed by atoms with Crippen molar-refractivity contribution >= 4 is 0 Å². The number of rotatable bonds is 3. The zero-order valence-electron chi connectivity index (χ0n) is 5.48. The van der Waals surface area contributed by atoms with Crippen molar-refractivity contribution in [3.63, 3.8) is 0 Å². The van der Waals surface area contributed by atoms with Gasteiger partial charge in [-0.15, -0.1) is 0 Å². The van der Waals surface area contributed by atoms with E-state index >= 15 is 0 Å². The van der Waals surface area contributed by atoms with Crippen molar-refractivity contribution in [1.29, 1.82) is 0 Å². The second-order valence-electron chi connectivity index (χ2n) is 2.47. The normalized spacial score (nSPS) is 12.0. The van der Waals surface area contributed by atoms with E-state index in [-0.39, 0.29) is 0 Å². The maximum Gasteiger partial charge on any atom is 0.0700 e. The van der Waals surface area contributed by atoms with E-state index in [1.165, 1.54) is 0 Å². The molecular weight excluding hydrogens is 104 g/mol. The molecule has 0 aromatic rings. The second kappa shape index (κ2) is 3.05. The number of hydrogen-bond acceptors (Lipinski definition) is 2. The maximum atomic E-state index is 9.04. The molecule has 8 heavy (non-hydrogen) atoms. The average molecular weight is 117 g/mol. The van der Waals surface area contributed by atoms with Gasteiger partial charge in [-0.2, -0.15) is 0 Å². The van der Waals surface area contributed by atoms with Gasteiger partial charge in [0.25, 0.3) is 0 Å². The van der Waals surface area contributed by atoms with E-state index in [4.69, 9.17) is 5.11 Å². The Bertz CT molecular complexity index is 54.0. The van der Waals surface area contributed by atoms with Gasteiger partial charge in [0, 0.05) is 6.61 Å². The molecule has 0 rings (SSSR count). The fourth-order valence-corrected chi connectivity index (χ4v) is 0.322. The van der Waals surface area contributed by atoms with E-state index in [2.05, 4.69) is 11.8 Å². The second-order valence-corrected chi connectivity index (χ2v) is 2.47. The van der Waals surface area contributed by atoms with Crippen molar-refractivity contribution in [3.8, 4) is 0 Å². The third kappa shape index (κ3) is 5.92. The maximum absolute atomic E-state index is 9.04. The molecule has 49 valence electrons. The molecule has 0 heterocycles. The largest absolute Gasteiger partial charge is 0.390 e. The molecule has 0 aliphatic carbocycles. The third-order valence-electron chi connectivity index (χ3n) is 0.858. The van der Waals surface area contributed by atoms with Gasteiger partial charge >= 0.3 is 0 Å². The van der Waals surface area contributed by atoms with Crippen LogP contribution in [0, 0.1) is 7.11 Å².